The van der Waals surface area contributed by atoms with Gasteiger partial charge in [0.05, 0.1) is 31.8 Å². The normalized spacial score (nSPS) is 14.9. The molecule has 1 heterocycles. The summed E-state index contributed by atoms with van der Waals surface area (Å²) < 4.78 is 9.54. The average molecular weight is 290 g/mol. The van der Waals surface area contributed by atoms with Gasteiger partial charge in [-0.05, 0) is 0 Å². The molecule has 0 radical (unpaired) electrons. The number of thioether (sulfide) groups is 1. The Bertz CT molecular complexity index is 331. The molecule has 0 spiro atoms. The number of rotatable bonds is 6. The Morgan fingerprint density at radius 3 is 2.58 bits per heavy atom. The first-order valence-corrected chi connectivity index (χ1v) is 7.05. The molecule has 108 valence electrons. The van der Waals surface area contributed by atoms with Crippen molar-refractivity contribution in [1.82, 2.24) is 10.2 Å². The lowest BCUT2D eigenvalue weighted by Crippen LogP contribution is -2.41. The van der Waals surface area contributed by atoms with Gasteiger partial charge in [-0.1, -0.05) is 0 Å². The third-order valence-corrected chi connectivity index (χ3v) is 3.40. The number of amides is 2. The van der Waals surface area contributed by atoms with Crippen LogP contribution in [0.5, 0.6) is 0 Å². The van der Waals surface area contributed by atoms with Crippen LogP contribution in [0.1, 0.15) is 0 Å². The summed E-state index contributed by atoms with van der Waals surface area (Å²) in [5.41, 5.74) is 0. The number of carbonyl (C=O) groups excluding carboxylic acids is 3. The highest BCUT2D eigenvalue weighted by molar-refractivity contribution is 8.00. The van der Waals surface area contributed by atoms with Crippen molar-refractivity contribution in [2.45, 2.75) is 0 Å². The third-order valence-electron chi connectivity index (χ3n) is 2.48. The van der Waals surface area contributed by atoms with E-state index in [0.717, 1.165) is 0 Å². The molecule has 1 aliphatic rings. The van der Waals surface area contributed by atoms with E-state index in [2.05, 4.69) is 10.1 Å². The highest BCUT2D eigenvalue weighted by Crippen LogP contribution is 2.04. The lowest BCUT2D eigenvalue weighted by atomic mass is 10.4. The average Bonchev–Trinajstić information content (AvgIpc) is 2.45. The van der Waals surface area contributed by atoms with E-state index in [-0.39, 0.29) is 29.9 Å². The summed E-state index contributed by atoms with van der Waals surface area (Å²) in [5.74, 6) is -0.374. The zero-order chi connectivity index (χ0) is 14.1. The Morgan fingerprint density at radius 1 is 1.26 bits per heavy atom. The van der Waals surface area contributed by atoms with Crippen LogP contribution in [0.2, 0.25) is 0 Å². The molecule has 0 bridgehead atoms. The van der Waals surface area contributed by atoms with Crippen LogP contribution in [0.4, 0.5) is 0 Å². The number of morpholine rings is 1. The van der Waals surface area contributed by atoms with Crippen molar-refractivity contribution >= 4 is 29.5 Å². The van der Waals surface area contributed by atoms with Gasteiger partial charge in [0.15, 0.2) is 0 Å². The first-order valence-electron chi connectivity index (χ1n) is 5.90. The van der Waals surface area contributed by atoms with Crippen LogP contribution in [0.15, 0.2) is 0 Å². The zero-order valence-corrected chi connectivity index (χ0v) is 11.7. The number of methoxy groups -OCH3 is 1. The minimum atomic E-state index is -0.497. The van der Waals surface area contributed by atoms with Gasteiger partial charge in [-0.15, -0.1) is 11.8 Å². The summed E-state index contributed by atoms with van der Waals surface area (Å²) in [5, 5.41) is 2.41. The van der Waals surface area contributed by atoms with Crippen molar-refractivity contribution in [2.24, 2.45) is 0 Å². The number of hydrogen-bond donors (Lipinski definition) is 1. The Balaban J connectivity index is 2.10. The van der Waals surface area contributed by atoms with Gasteiger partial charge in [0.25, 0.3) is 0 Å². The van der Waals surface area contributed by atoms with Crippen molar-refractivity contribution in [1.29, 1.82) is 0 Å². The first-order chi connectivity index (χ1) is 9.13. The maximum Gasteiger partial charge on any atom is 0.325 e. The van der Waals surface area contributed by atoms with Crippen LogP contribution in [-0.2, 0) is 23.9 Å². The van der Waals surface area contributed by atoms with Gasteiger partial charge in [-0.2, -0.15) is 0 Å². The fraction of sp³-hybridized carbons (Fsp3) is 0.727. The number of nitrogens with zero attached hydrogens (tertiary/aromatic N) is 1. The van der Waals surface area contributed by atoms with Crippen molar-refractivity contribution in [2.75, 3.05) is 51.5 Å². The van der Waals surface area contributed by atoms with Crippen LogP contribution in [0.3, 0.4) is 0 Å². The molecular weight excluding hydrogens is 272 g/mol. The predicted molar refractivity (Wildman–Crippen MR) is 69.7 cm³/mol. The molecule has 7 nitrogen and oxygen atoms in total. The second kappa shape index (κ2) is 8.76. The second-order valence-corrected chi connectivity index (χ2v) is 4.82. The van der Waals surface area contributed by atoms with E-state index in [0.29, 0.717) is 26.3 Å². The van der Waals surface area contributed by atoms with E-state index in [1.54, 1.807) is 4.90 Å². The van der Waals surface area contributed by atoms with Crippen molar-refractivity contribution in [3.05, 3.63) is 0 Å². The molecule has 0 aromatic carbocycles. The Hall–Kier alpha value is -1.28. The Morgan fingerprint density at radius 2 is 1.95 bits per heavy atom. The summed E-state index contributed by atoms with van der Waals surface area (Å²) in [6.45, 7) is 2.20. The highest BCUT2D eigenvalue weighted by Gasteiger charge is 2.16. The Labute approximate surface area is 116 Å². The summed E-state index contributed by atoms with van der Waals surface area (Å²) >= 11 is 1.23. The fourth-order valence-electron chi connectivity index (χ4n) is 1.43. The van der Waals surface area contributed by atoms with Crippen LogP contribution < -0.4 is 5.32 Å². The maximum absolute atomic E-state index is 11.7. The van der Waals surface area contributed by atoms with Crippen LogP contribution in [0.25, 0.3) is 0 Å². The highest BCUT2D eigenvalue weighted by atomic mass is 32.2. The molecule has 1 saturated heterocycles. The molecule has 1 aliphatic heterocycles. The lowest BCUT2D eigenvalue weighted by Gasteiger charge is -2.26. The zero-order valence-electron chi connectivity index (χ0n) is 10.8. The van der Waals surface area contributed by atoms with E-state index < -0.39 is 5.97 Å². The SMILES string of the molecule is COC(=O)CNC(=O)CSCC(=O)N1CCOCC1. The fourth-order valence-corrected chi connectivity index (χ4v) is 2.18. The Kier molecular flexibility index (Phi) is 7.27. The van der Waals surface area contributed by atoms with Gasteiger partial charge in [-0.3, -0.25) is 14.4 Å². The van der Waals surface area contributed by atoms with E-state index in [1.165, 1.54) is 18.9 Å². The number of esters is 1. The molecule has 8 heteroatoms. The number of ether oxygens (including phenoxy) is 2. The molecule has 2 amide bonds. The molecule has 1 N–H and O–H groups in total. The minimum absolute atomic E-state index is 0.00840. The summed E-state index contributed by atoms with van der Waals surface area (Å²) in [4.78, 5) is 35.6. The van der Waals surface area contributed by atoms with Gasteiger partial charge < -0.3 is 19.7 Å². The summed E-state index contributed by atoms with van der Waals surface area (Å²) in [7, 11) is 1.25. The molecule has 0 unspecified atom stereocenters. The van der Waals surface area contributed by atoms with Gasteiger partial charge in [0.2, 0.25) is 11.8 Å². The first kappa shape index (κ1) is 15.8. The number of nitrogens with one attached hydrogen (secondary N) is 1. The molecule has 1 fully saturated rings. The number of carbonyl (C=O) groups is 3. The molecule has 0 aliphatic carbocycles. The van der Waals surface area contributed by atoms with Gasteiger partial charge in [-0.25, -0.2) is 0 Å². The number of hydrogen-bond acceptors (Lipinski definition) is 6. The standard InChI is InChI=1S/C11H18N2O5S/c1-17-11(16)6-12-9(14)7-19-8-10(15)13-2-4-18-5-3-13/h2-8H2,1H3,(H,12,14). The molecule has 0 atom stereocenters. The summed E-state index contributed by atoms with van der Waals surface area (Å²) in [6, 6.07) is 0. The van der Waals surface area contributed by atoms with Crippen molar-refractivity contribution in [3.8, 4) is 0 Å². The van der Waals surface area contributed by atoms with Crippen molar-refractivity contribution < 1.29 is 23.9 Å². The van der Waals surface area contributed by atoms with Gasteiger partial charge in [0.1, 0.15) is 6.54 Å². The third kappa shape index (κ3) is 6.44. The van der Waals surface area contributed by atoms with E-state index in [9.17, 15) is 14.4 Å². The topological polar surface area (TPSA) is 84.9 Å². The quantitative estimate of drug-likeness (QED) is 0.623. The molecule has 0 aromatic rings. The molecular formula is C11H18N2O5S. The van der Waals surface area contributed by atoms with Gasteiger partial charge >= 0.3 is 5.97 Å². The van der Waals surface area contributed by atoms with E-state index in [4.69, 9.17) is 4.74 Å². The van der Waals surface area contributed by atoms with Crippen molar-refractivity contribution in [3.63, 3.8) is 0 Å². The minimum Gasteiger partial charge on any atom is -0.468 e. The van der Waals surface area contributed by atoms with E-state index >= 15 is 0 Å². The maximum atomic E-state index is 11.7. The molecule has 19 heavy (non-hydrogen) atoms. The smallest absolute Gasteiger partial charge is 0.325 e. The molecule has 0 saturated carbocycles. The van der Waals surface area contributed by atoms with Crippen LogP contribution in [-0.4, -0.2) is 74.1 Å². The van der Waals surface area contributed by atoms with E-state index in [1.807, 2.05) is 0 Å². The molecule has 0 aromatic heterocycles. The predicted octanol–water partition coefficient (Wildman–Crippen LogP) is -1.13. The lowest BCUT2D eigenvalue weighted by molar-refractivity contribution is -0.140. The second-order valence-electron chi connectivity index (χ2n) is 3.84. The largest absolute Gasteiger partial charge is 0.468 e. The van der Waals surface area contributed by atoms with Gasteiger partial charge in [0, 0.05) is 13.1 Å². The van der Waals surface area contributed by atoms with Crippen LogP contribution in [0, 0.1) is 0 Å². The monoisotopic (exact) mass is 290 g/mol. The summed E-state index contributed by atoms with van der Waals surface area (Å²) in [6.07, 6.45) is 0. The molecule has 1 rings (SSSR count). The van der Waals surface area contributed by atoms with Crippen LogP contribution >= 0.6 is 11.8 Å².